The smallest absolute Gasteiger partial charge is 0.234 e. The minimum Gasteiger partial charge on any atom is -0.296 e. The third-order valence-electron chi connectivity index (χ3n) is 3.41. The Bertz CT molecular complexity index is 684. The molecule has 2 amide bonds. The van der Waals surface area contributed by atoms with E-state index >= 15 is 0 Å². The number of carbonyl (C=O) groups is 2. The second kappa shape index (κ2) is 4.74. The molecule has 1 saturated heterocycles. The maximum atomic E-state index is 12.0. The van der Waals surface area contributed by atoms with E-state index in [2.05, 4.69) is 26.2 Å². The van der Waals surface area contributed by atoms with Gasteiger partial charge in [0.25, 0.3) is 0 Å². The first-order valence-corrected chi connectivity index (χ1v) is 6.82. The van der Waals surface area contributed by atoms with Gasteiger partial charge in [0.2, 0.25) is 11.8 Å². The second-order valence-corrected chi connectivity index (χ2v) is 5.42. The zero-order chi connectivity index (χ0) is 13.4. The molecule has 1 fully saturated rings. The van der Waals surface area contributed by atoms with Gasteiger partial charge < -0.3 is 0 Å². The molecule has 1 aliphatic heterocycles. The van der Waals surface area contributed by atoms with E-state index in [1.54, 1.807) is 12.4 Å². The molecule has 1 aliphatic rings. The molecule has 0 spiro atoms. The molecular weight excluding hydrogens is 308 g/mol. The van der Waals surface area contributed by atoms with E-state index in [4.69, 9.17) is 0 Å². The Labute approximate surface area is 118 Å². The van der Waals surface area contributed by atoms with Crippen LogP contribution in [0.1, 0.15) is 24.3 Å². The van der Waals surface area contributed by atoms with Crippen LogP contribution in [-0.2, 0) is 9.59 Å². The Morgan fingerprint density at radius 1 is 1.21 bits per heavy atom. The molecule has 0 aliphatic carbocycles. The average Bonchev–Trinajstić information content (AvgIpc) is 2.41. The number of rotatable bonds is 1. The van der Waals surface area contributed by atoms with E-state index in [0.29, 0.717) is 12.8 Å². The van der Waals surface area contributed by atoms with Crippen LogP contribution < -0.4 is 5.32 Å². The van der Waals surface area contributed by atoms with Crippen LogP contribution in [0.5, 0.6) is 0 Å². The Morgan fingerprint density at radius 3 is 2.84 bits per heavy atom. The number of imide groups is 1. The highest BCUT2D eigenvalue weighted by molar-refractivity contribution is 9.10. The summed E-state index contributed by atoms with van der Waals surface area (Å²) < 4.78 is 0.951. The number of benzene rings is 1. The molecule has 1 N–H and O–H groups in total. The lowest BCUT2D eigenvalue weighted by molar-refractivity contribution is -0.134. The zero-order valence-electron chi connectivity index (χ0n) is 10.0. The fourth-order valence-electron chi connectivity index (χ4n) is 2.47. The number of amides is 2. The molecule has 0 radical (unpaired) electrons. The lowest BCUT2D eigenvalue weighted by Crippen LogP contribution is -2.39. The normalized spacial score (nSPS) is 19.5. The average molecular weight is 319 g/mol. The summed E-state index contributed by atoms with van der Waals surface area (Å²) in [6.07, 6.45) is 4.43. The highest BCUT2D eigenvalue weighted by atomic mass is 79.9. The Hall–Kier alpha value is -1.75. The number of piperidine rings is 1. The number of pyridine rings is 1. The van der Waals surface area contributed by atoms with Crippen molar-refractivity contribution in [2.45, 2.75) is 18.8 Å². The van der Waals surface area contributed by atoms with Crippen molar-refractivity contribution in [3.05, 3.63) is 40.6 Å². The third-order valence-corrected chi connectivity index (χ3v) is 4.10. The van der Waals surface area contributed by atoms with Crippen LogP contribution in [0.25, 0.3) is 10.8 Å². The number of hydrogen-bond acceptors (Lipinski definition) is 3. The fraction of sp³-hybridized carbons (Fsp3) is 0.214. The summed E-state index contributed by atoms with van der Waals surface area (Å²) in [6.45, 7) is 0. The predicted octanol–water partition coefficient (Wildman–Crippen LogP) is 2.52. The van der Waals surface area contributed by atoms with Gasteiger partial charge in [-0.15, -0.1) is 0 Å². The van der Waals surface area contributed by atoms with Gasteiger partial charge in [0.15, 0.2) is 0 Å². The number of nitrogens with zero attached hydrogens (tertiary/aromatic N) is 1. The van der Waals surface area contributed by atoms with Crippen LogP contribution in [0.4, 0.5) is 0 Å². The molecule has 3 rings (SSSR count). The maximum Gasteiger partial charge on any atom is 0.234 e. The van der Waals surface area contributed by atoms with Crippen LogP contribution >= 0.6 is 15.9 Å². The largest absolute Gasteiger partial charge is 0.296 e. The molecule has 1 atom stereocenters. The molecule has 5 heteroatoms. The van der Waals surface area contributed by atoms with Gasteiger partial charge >= 0.3 is 0 Å². The van der Waals surface area contributed by atoms with E-state index in [-0.39, 0.29) is 17.7 Å². The standard InChI is InChI=1S/C14H11BrN2O2/c15-12-3-1-8(9-5-6-16-7-11(9)12)10-2-4-13(18)17-14(10)19/h1,3,5-7,10H,2,4H2,(H,17,18,19). The summed E-state index contributed by atoms with van der Waals surface area (Å²) in [6, 6.07) is 5.76. The summed E-state index contributed by atoms with van der Waals surface area (Å²) in [7, 11) is 0. The zero-order valence-corrected chi connectivity index (χ0v) is 11.6. The van der Waals surface area contributed by atoms with Gasteiger partial charge in [0.1, 0.15) is 0 Å². The number of carbonyl (C=O) groups excluding carboxylic acids is 2. The first kappa shape index (κ1) is 12.3. The van der Waals surface area contributed by atoms with Crippen molar-refractivity contribution in [2.24, 2.45) is 0 Å². The minimum atomic E-state index is -0.268. The molecule has 0 bridgehead atoms. The molecule has 1 unspecified atom stereocenters. The van der Waals surface area contributed by atoms with E-state index in [9.17, 15) is 9.59 Å². The summed E-state index contributed by atoms with van der Waals surface area (Å²) >= 11 is 3.49. The Morgan fingerprint density at radius 2 is 2.05 bits per heavy atom. The highest BCUT2D eigenvalue weighted by Gasteiger charge is 2.29. The second-order valence-electron chi connectivity index (χ2n) is 4.56. The molecule has 96 valence electrons. The summed E-state index contributed by atoms with van der Waals surface area (Å²) in [4.78, 5) is 27.3. The van der Waals surface area contributed by atoms with Gasteiger partial charge in [0.05, 0.1) is 5.92 Å². The molecular formula is C14H11BrN2O2. The molecule has 2 heterocycles. The van der Waals surface area contributed by atoms with Gasteiger partial charge in [-0.1, -0.05) is 22.0 Å². The topological polar surface area (TPSA) is 59.1 Å². The van der Waals surface area contributed by atoms with Gasteiger partial charge in [-0.25, -0.2) is 0 Å². The fourth-order valence-corrected chi connectivity index (χ4v) is 2.92. The number of aromatic nitrogens is 1. The quantitative estimate of drug-likeness (QED) is 0.822. The van der Waals surface area contributed by atoms with Gasteiger partial charge in [-0.2, -0.15) is 0 Å². The number of nitrogens with one attached hydrogen (secondary N) is 1. The molecule has 19 heavy (non-hydrogen) atoms. The van der Waals surface area contributed by atoms with Crippen molar-refractivity contribution in [1.29, 1.82) is 0 Å². The van der Waals surface area contributed by atoms with Crippen LogP contribution in [0, 0.1) is 0 Å². The highest BCUT2D eigenvalue weighted by Crippen LogP contribution is 2.33. The van der Waals surface area contributed by atoms with Crippen molar-refractivity contribution in [3.63, 3.8) is 0 Å². The minimum absolute atomic E-state index is 0.190. The molecule has 2 aromatic rings. The first-order valence-electron chi connectivity index (χ1n) is 6.02. The SMILES string of the molecule is O=C1CCC(c2ccc(Br)c3cnccc23)C(=O)N1. The Balaban J connectivity index is 2.13. The number of halogens is 1. The maximum absolute atomic E-state index is 12.0. The van der Waals surface area contributed by atoms with E-state index < -0.39 is 0 Å². The van der Waals surface area contributed by atoms with Crippen LogP contribution in [0.3, 0.4) is 0 Å². The Kier molecular flexibility index (Phi) is 3.06. The lowest BCUT2D eigenvalue weighted by atomic mass is 9.88. The van der Waals surface area contributed by atoms with Crippen molar-refractivity contribution >= 4 is 38.5 Å². The van der Waals surface area contributed by atoms with Crippen LogP contribution in [0.15, 0.2) is 35.1 Å². The van der Waals surface area contributed by atoms with E-state index in [1.165, 1.54) is 0 Å². The number of fused-ring (bicyclic) bond motifs is 1. The van der Waals surface area contributed by atoms with Crippen molar-refractivity contribution in [2.75, 3.05) is 0 Å². The van der Waals surface area contributed by atoms with Gasteiger partial charge in [-0.05, 0) is 29.5 Å². The predicted molar refractivity (Wildman–Crippen MR) is 74.6 cm³/mol. The van der Waals surface area contributed by atoms with Crippen molar-refractivity contribution in [3.8, 4) is 0 Å². The van der Waals surface area contributed by atoms with Crippen molar-refractivity contribution in [1.82, 2.24) is 10.3 Å². The van der Waals surface area contributed by atoms with E-state index in [1.807, 2.05) is 18.2 Å². The summed E-state index contributed by atoms with van der Waals surface area (Å²) in [5.74, 6) is -0.670. The molecule has 4 nitrogen and oxygen atoms in total. The monoisotopic (exact) mass is 318 g/mol. The summed E-state index contributed by atoms with van der Waals surface area (Å²) in [5.41, 5.74) is 0.950. The molecule has 1 aromatic carbocycles. The molecule has 1 aromatic heterocycles. The van der Waals surface area contributed by atoms with Gasteiger partial charge in [0, 0.05) is 28.7 Å². The van der Waals surface area contributed by atoms with E-state index in [0.717, 1.165) is 20.8 Å². The lowest BCUT2D eigenvalue weighted by Gasteiger charge is -2.22. The number of hydrogen-bond donors (Lipinski definition) is 1. The van der Waals surface area contributed by atoms with Crippen molar-refractivity contribution < 1.29 is 9.59 Å². The van der Waals surface area contributed by atoms with Crippen LogP contribution in [0.2, 0.25) is 0 Å². The van der Waals surface area contributed by atoms with Gasteiger partial charge in [-0.3, -0.25) is 19.9 Å². The molecule has 0 saturated carbocycles. The van der Waals surface area contributed by atoms with Crippen LogP contribution in [-0.4, -0.2) is 16.8 Å². The third kappa shape index (κ3) is 2.14. The first-order chi connectivity index (χ1) is 9.16. The summed E-state index contributed by atoms with van der Waals surface area (Å²) in [5, 5.41) is 4.38.